The molecule has 6 rings (SSSR count). The summed E-state index contributed by atoms with van der Waals surface area (Å²) < 4.78 is 47.5. The molecule has 256 valence electrons. The van der Waals surface area contributed by atoms with E-state index in [0.717, 1.165) is 21.0 Å². The number of rotatable bonds is 10. The van der Waals surface area contributed by atoms with E-state index in [1.165, 1.54) is 32.4 Å². The number of piperazine rings is 1. The fourth-order valence-electron chi connectivity index (χ4n) is 6.17. The van der Waals surface area contributed by atoms with Gasteiger partial charge < -0.3 is 29.3 Å². The number of carbonyl (C=O) groups excluding carboxylic acids is 2. The minimum Gasteiger partial charge on any atom is -0.497 e. The molecule has 3 heterocycles. The predicted octanol–water partition coefficient (Wildman–Crippen LogP) is 4.58. The Kier molecular flexibility index (Phi) is 9.73. The van der Waals surface area contributed by atoms with Crippen LogP contribution in [0.25, 0.3) is 0 Å². The highest BCUT2D eigenvalue weighted by Gasteiger charge is 2.58. The summed E-state index contributed by atoms with van der Waals surface area (Å²) in [5.74, 6) is -0.307. The first-order valence-corrected chi connectivity index (χ1v) is 18.1. The van der Waals surface area contributed by atoms with Crippen LogP contribution in [0.4, 0.5) is 11.4 Å². The number of carbonyl (C=O) groups is 2. The number of fused-ring (bicyclic) bond motifs is 1. The number of amides is 2. The van der Waals surface area contributed by atoms with Crippen LogP contribution in [0.1, 0.15) is 28.4 Å². The number of nitrogens with zero attached hydrogens (tertiary/aromatic N) is 4. The van der Waals surface area contributed by atoms with Gasteiger partial charge in [-0.15, -0.1) is 0 Å². The number of aromatic nitrogens is 1. The van der Waals surface area contributed by atoms with E-state index in [0.29, 0.717) is 41.2 Å². The Balaban J connectivity index is 1.51. The lowest BCUT2D eigenvalue weighted by Crippen LogP contribution is -2.49. The molecule has 1 unspecified atom stereocenters. The Morgan fingerprint density at radius 2 is 1.69 bits per heavy atom. The fourth-order valence-corrected chi connectivity index (χ4v) is 8.27. The molecule has 2 aliphatic rings. The number of hydrogen-bond donors (Lipinski definition) is 1. The zero-order chi connectivity index (χ0) is 34.9. The van der Waals surface area contributed by atoms with Crippen molar-refractivity contribution in [1.82, 2.24) is 14.8 Å². The van der Waals surface area contributed by atoms with Gasteiger partial charge in [0.15, 0.2) is 5.54 Å². The van der Waals surface area contributed by atoms with Crippen molar-refractivity contribution in [2.75, 3.05) is 63.7 Å². The second kappa shape index (κ2) is 13.8. The average Bonchev–Trinajstić information content (AvgIpc) is 3.36. The minimum absolute atomic E-state index is 0.0154. The first kappa shape index (κ1) is 34.5. The summed E-state index contributed by atoms with van der Waals surface area (Å²) in [6, 6.07) is 19.6. The number of pyridine rings is 1. The van der Waals surface area contributed by atoms with E-state index in [-0.39, 0.29) is 34.7 Å². The predicted molar refractivity (Wildman–Crippen MR) is 193 cm³/mol. The molecule has 49 heavy (non-hydrogen) atoms. The van der Waals surface area contributed by atoms with Gasteiger partial charge in [-0.05, 0) is 103 Å². The number of methoxy groups -OCH3 is 2. The molecule has 2 aliphatic heterocycles. The lowest BCUT2D eigenvalue weighted by Gasteiger charge is -2.33. The van der Waals surface area contributed by atoms with Crippen LogP contribution in [0.15, 0.2) is 83.9 Å². The van der Waals surface area contributed by atoms with Gasteiger partial charge in [0, 0.05) is 58.8 Å². The second-order valence-corrected chi connectivity index (χ2v) is 14.6. The smallest absolute Gasteiger partial charge is 0.276 e. The molecule has 2 amide bonds. The summed E-state index contributed by atoms with van der Waals surface area (Å²) in [7, 11) is 0.275. The molecule has 1 fully saturated rings. The monoisotopic (exact) mass is 797 g/mol. The zero-order valence-electron chi connectivity index (χ0n) is 27.5. The van der Waals surface area contributed by atoms with Crippen LogP contribution in [0.3, 0.4) is 0 Å². The maximum absolute atomic E-state index is 15.2. The van der Waals surface area contributed by atoms with Crippen LogP contribution in [0.5, 0.6) is 17.4 Å². The van der Waals surface area contributed by atoms with Crippen LogP contribution in [0.2, 0.25) is 0 Å². The molecule has 0 bridgehead atoms. The highest BCUT2D eigenvalue weighted by Crippen LogP contribution is 2.51. The van der Waals surface area contributed by atoms with Gasteiger partial charge in [-0.3, -0.25) is 9.59 Å². The van der Waals surface area contributed by atoms with Crippen molar-refractivity contribution in [2.24, 2.45) is 0 Å². The molecule has 14 heteroatoms. The third kappa shape index (κ3) is 6.16. The van der Waals surface area contributed by atoms with Gasteiger partial charge >= 0.3 is 0 Å². The van der Waals surface area contributed by atoms with Gasteiger partial charge in [-0.25, -0.2) is 13.4 Å². The van der Waals surface area contributed by atoms with Gasteiger partial charge in [0.05, 0.1) is 32.1 Å². The maximum atomic E-state index is 15.2. The van der Waals surface area contributed by atoms with E-state index in [1.807, 2.05) is 11.9 Å². The number of halogens is 1. The Morgan fingerprint density at radius 3 is 2.37 bits per heavy atom. The van der Waals surface area contributed by atoms with E-state index in [2.05, 4.69) is 37.8 Å². The number of hydrogen-bond acceptors (Lipinski definition) is 10. The zero-order valence-corrected chi connectivity index (χ0v) is 30.4. The molecule has 0 spiro atoms. The fraction of sp³-hybridized carbons (Fsp3) is 0.286. The SMILES string of the molecule is CCOc1ncccc1C1(Nc2ccc(C(=O)N3CCN(C)CC3)cc2)C(=O)N(S(=O)(=O)c2ccc(OC)cc2OC)c2ccc(I)cc21. The highest BCUT2D eigenvalue weighted by molar-refractivity contribution is 14.1. The van der Waals surface area contributed by atoms with Crippen molar-refractivity contribution in [3.05, 3.63) is 99.3 Å². The molecule has 0 aliphatic carbocycles. The van der Waals surface area contributed by atoms with Crippen molar-refractivity contribution in [2.45, 2.75) is 17.4 Å². The minimum atomic E-state index is -4.57. The number of anilines is 2. The van der Waals surface area contributed by atoms with Crippen LogP contribution >= 0.6 is 22.6 Å². The molecule has 1 aromatic heterocycles. The van der Waals surface area contributed by atoms with Crippen LogP contribution in [-0.4, -0.2) is 89.1 Å². The largest absolute Gasteiger partial charge is 0.497 e. The lowest BCUT2D eigenvalue weighted by molar-refractivity contribution is -0.120. The number of likely N-dealkylation sites (N-methyl/N-ethyl adjacent to an activating group) is 1. The number of sulfonamides is 1. The first-order chi connectivity index (χ1) is 23.5. The first-order valence-electron chi connectivity index (χ1n) is 15.6. The Morgan fingerprint density at radius 1 is 0.959 bits per heavy atom. The number of benzene rings is 3. The Bertz CT molecular complexity index is 2000. The van der Waals surface area contributed by atoms with E-state index in [9.17, 15) is 13.2 Å². The summed E-state index contributed by atoms with van der Waals surface area (Å²) in [5.41, 5.74) is 0.0214. The van der Waals surface area contributed by atoms with Gasteiger partial charge in [0.25, 0.3) is 21.8 Å². The Labute approximate surface area is 299 Å². The normalized spacial score (nSPS) is 17.9. The van der Waals surface area contributed by atoms with Crippen molar-refractivity contribution in [3.63, 3.8) is 0 Å². The van der Waals surface area contributed by atoms with Crippen molar-refractivity contribution < 1.29 is 32.2 Å². The molecule has 1 atom stereocenters. The van der Waals surface area contributed by atoms with E-state index < -0.39 is 21.5 Å². The molecule has 1 saturated heterocycles. The highest BCUT2D eigenvalue weighted by atomic mass is 127. The number of nitrogens with one attached hydrogen (secondary N) is 1. The Hall–Kier alpha value is -4.41. The third-order valence-corrected chi connectivity index (χ3v) is 11.1. The van der Waals surface area contributed by atoms with E-state index >= 15 is 4.79 Å². The summed E-state index contributed by atoms with van der Waals surface area (Å²) in [6.07, 6.45) is 1.55. The van der Waals surface area contributed by atoms with Crippen LogP contribution in [0, 0.1) is 3.57 Å². The van der Waals surface area contributed by atoms with E-state index in [1.54, 1.807) is 67.7 Å². The van der Waals surface area contributed by atoms with Crippen molar-refractivity contribution in [1.29, 1.82) is 0 Å². The van der Waals surface area contributed by atoms with Crippen LogP contribution in [-0.2, 0) is 20.4 Å². The van der Waals surface area contributed by atoms with E-state index in [4.69, 9.17) is 14.2 Å². The molecule has 3 aromatic carbocycles. The quantitative estimate of drug-likeness (QED) is 0.228. The number of ether oxygens (including phenoxy) is 3. The van der Waals surface area contributed by atoms with Gasteiger partial charge in [0.2, 0.25) is 5.88 Å². The second-order valence-electron chi connectivity index (χ2n) is 11.6. The van der Waals surface area contributed by atoms with Gasteiger partial charge in [-0.1, -0.05) is 0 Å². The topological polar surface area (TPSA) is 131 Å². The summed E-state index contributed by atoms with van der Waals surface area (Å²) in [4.78, 5) is 36.7. The maximum Gasteiger partial charge on any atom is 0.276 e. The summed E-state index contributed by atoms with van der Waals surface area (Å²) in [5, 5.41) is 3.39. The summed E-state index contributed by atoms with van der Waals surface area (Å²) >= 11 is 2.13. The molecule has 0 saturated carbocycles. The van der Waals surface area contributed by atoms with Crippen molar-refractivity contribution >= 4 is 55.8 Å². The standard InChI is InChI=1S/C35H36IN5O7S/c1-5-48-32-27(7-6-16-37-32)35(38-25-11-8-23(9-12-25)33(42)40-19-17-39(2)18-20-40)28-21-24(36)10-14-29(28)41(34(35)43)49(44,45)31-15-13-26(46-3)22-30(31)47-4/h6-16,21-22,38H,5,17-20H2,1-4H3. The lowest BCUT2D eigenvalue weighted by atomic mass is 9.83. The van der Waals surface area contributed by atoms with Gasteiger partial charge in [-0.2, -0.15) is 4.31 Å². The molecular formula is C35H36IN5O7S. The molecule has 0 radical (unpaired) electrons. The summed E-state index contributed by atoms with van der Waals surface area (Å²) in [6.45, 7) is 4.91. The molecule has 1 N–H and O–H groups in total. The van der Waals surface area contributed by atoms with Crippen molar-refractivity contribution in [3.8, 4) is 17.4 Å². The third-order valence-electron chi connectivity index (χ3n) is 8.69. The van der Waals surface area contributed by atoms with Gasteiger partial charge in [0.1, 0.15) is 16.4 Å². The molecule has 4 aromatic rings. The average molecular weight is 798 g/mol. The molecule has 12 nitrogen and oxygen atoms in total. The van der Waals surface area contributed by atoms with Crippen LogP contribution < -0.4 is 23.8 Å². The molecular weight excluding hydrogens is 761 g/mol.